The Bertz CT molecular complexity index is 371. The number of nitrogens with zero attached hydrogens (tertiary/aromatic N) is 2. The summed E-state index contributed by atoms with van der Waals surface area (Å²) in [6, 6.07) is 10.6. The predicted octanol–water partition coefficient (Wildman–Crippen LogP) is 2.79. The molecule has 0 radical (unpaired) electrons. The number of benzene rings is 1. The van der Waals surface area contributed by atoms with E-state index in [1.54, 1.807) is 0 Å². The highest BCUT2D eigenvalue weighted by Crippen LogP contribution is 2.36. The highest BCUT2D eigenvalue weighted by molar-refractivity contribution is 5.50. The Morgan fingerprint density at radius 2 is 1.93 bits per heavy atom. The Hall–Kier alpha value is -1.49. The van der Waals surface area contributed by atoms with Crippen molar-refractivity contribution in [3.05, 3.63) is 29.8 Å². The first-order chi connectivity index (χ1) is 7.22. The van der Waals surface area contributed by atoms with Gasteiger partial charge in [0, 0.05) is 18.8 Å². The van der Waals surface area contributed by atoms with Gasteiger partial charge in [0.05, 0.1) is 11.6 Å². The summed E-state index contributed by atoms with van der Waals surface area (Å²) in [7, 11) is 2.13. The minimum atomic E-state index is 0.609. The molecule has 1 atom stereocenters. The van der Waals surface area contributed by atoms with Gasteiger partial charge in [-0.15, -0.1) is 0 Å². The lowest BCUT2D eigenvalue weighted by Gasteiger charge is -2.27. The van der Waals surface area contributed by atoms with Gasteiger partial charge in [0.2, 0.25) is 0 Å². The summed E-state index contributed by atoms with van der Waals surface area (Å²) in [5.41, 5.74) is 1.93. The van der Waals surface area contributed by atoms with E-state index >= 15 is 0 Å². The average molecular weight is 200 g/mol. The van der Waals surface area contributed by atoms with Crippen LogP contribution in [0.2, 0.25) is 0 Å². The van der Waals surface area contributed by atoms with E-state index in [2.05, 4.69) is 24.9 Å². The second kappa shape index (κ2) is 3.94. The van der Waals surface area contributed by atoms with Gasteiger partial charge in [-0.3, -0.25) is 0 Å². The molecule has 1 aliphatic carbocycles. The Balaban J connectivity index is 2.11. The van der Waals surface area contributed by atoms with E-state index in [9.17, 15) is 0 Å². The van der Waals surface area contributed by atoms with Crippen molar-refractivity contribution in [3.8, 4) is 6.07 Å². The van der Waals surface area contributed by atoms with Crippen molar-refractivity contribution in [3.63, 3.8) is 0 Å². The van der Waals surface area contributed by atoms with Crippen LogP contribution in [0.5, 0.6) is 0 Å². The average Bonchev–Trinajstić information content (AvgIpc) is 3.11. The quantitative estimate of drug-likeness (QED) is 0.750. The standard InChI is InChI=1S/C13H16N2/c1-10(12-5-6-12)15(2)13-7-3-11(9-14)4-8-13/h3-4,7-8,10,12H,5-6H2,1-2H3. The molecule has 0 saturated heterocycles. The van der Waals surface area contributed by atoms with Crippen LogP contribution in [-0.4, -0.2) is 13.1 Å². The normalized spacial score (nSPS) is 16.9. The molecule has 1 unspecified atom stereocenters. The molecular formula is C13H16N2. The molecule has 1 aromatic rings. The molecule has 0 bridgehead atoms. The van der Waals surface area contributed by atoms with Gasteiger partial charge in [0.1, 0.15) is 0 Å². The molecule has 1 saturated carbocycles. The van der Waals surface area contributed by atoms with Crippen molar-refractivity contribution in [2.24, 2.45) is 5.92 Å². The van der Waals surface area contributed by atoms with Gasteiger partial charge in [-0.2, -0.15) is 5.26 Å². The fourth-order valence-corrected chi connectivity index (χ4v) is 1.90. The summed E-state index contributed by atoms with van der Waals surface area (Å²) in [5, 5.41) is 8.71. The summed E-state index contributed by atoms with van der Waals surface area (Å²) < 4.78 is 0. The first-order valence-electron chi connectivity index (χ1n) is 5.45. The number of hydrogen-bond acceptors (Lipinski definition) is 2. The molecule has 2 heteroatoms. The van der Waals surface area contributed by atoms with Crippen LogP contribution < -0.4 is 4.90 Å². The van der Waals surface area contributed by atoms with Crippen LogP contribution in [0.3, 0.4) is 0 Å². The van der Waals surface area contributed by atoms with Crippen molar-refractivity contribution in [1.29, 1.82) is 5.26 Å². The van der Waals surface area contributed by atoms with Gasteiger partial charge in [0.15, 0.2) is 0 Å². The van der Waals surface area contributed by atoms with Gasteiger partial charge in [-0.1, -0.05) is 0 Å². The van der Waals surface area contributed by atoms with E-state index in [0.29, 0.717) is 6.04 Å². The summed E-state index contributed by atoms with van der Waals surface area (Å²) in [5.74, 6) is 0.866. The Kier molecular flexibility index (Phi) is 2.64. The zero-order chi connectivity index (χ0) is 10.8. The number of rotatable bonds is 3. The Labute approximate surface area is 91.1 Å². The number of nitriles is 1. The second-order valence-electron chi connectivity index (χ2n) is 4.35. The molecule has 2 nitrogen and oxygen atoms in total. The van der Waals surface area contributed by atoms with Crippen LogP contribution >= 0.6 is 0 Å². The predicted molar refractivity (Wildman–Crippen MR) is 61.7 cm³/mol. The third-order valence-electron chi connectivity index (χ3n) is 3.32. The third-order valence-corrected chi connectivity index (χ3v) is 3.32. The maximum absolute atomic E-state index is 8.71. The van der Waals surface area contributed by atoms with Crippen LogP contribution in [0, 0.1) is 17.2 Å². The van der Waals surface area contributed by atoms with Crippen molar-refractivity contribution in [2.75, 3.05) is 11.9 Å². The lowest BCUT2D eigenvalue weighted by molar-refractivity contribution is 0.609. The number of anilines is 1. The van der Waals surface area contributed by atoms with Crippen LogP contribution in [-0.2, 0) is 0 Å². The molecule has 0 aliphatic heterocycles. The van der Waals surface area contributed by atoms with Crippen LogP contribution in [0.4, 0.5) is 5.69 Å². The number of hydrogen-bond donors (Lipinski definition) is 0. The fourth-order valence-electron chi connectivity index (χ4n) is 1.90. The van der Waals surface area contributed by atoms with Gasteiger partial charge < -0.3 is 4.90 Å². The minimum Gasteiger partial charge on any atom is -0.372 e. The molecule has 78 valence electrons. The molecule has 2 rings (SSSR count). The van der Waals surface area contributed by atoms with E-state index in [1.807, 2.05) is 24.3 Å². The molecule has 0 amide bonds. The summed E-state index contributed by atoms with van der Waals surface area (Å²) >= 11 is 0. The lowest BCUT2D eigenvalue weighted by atomic mass is 10.1. The molecular weight excluding hydrogens is 184 g/mol. The molecule has 1 aromatic carbocycles. The van der Waals surface area contributed by atoms with Gasteiger partial charge >= 0.3 is 0 Å². The first kappa shape index (κ1) is 10.0. The topological polar surface area (TPSA) is 27.0 Å². The third kappa shape index (κ3) is 2.12. The Morgan fingerprint density at radius 3 is 2.40 bits per heavy atom. The maximum atomic E-state index is 8.71. The monoisotopic (exact) mass is 200 g/mol. The van der Waals surface area contributed by atoms with E-state index in [4.69, 9.17) is 5.26 Å². The molecule has 0 heterocycles. The zero-order valence-corrected chi connectivity index (χ0v) is 9.27. The second-order valence-corrected chi connectivity index (χ2v) is 4.35. The van der Waals surface area contributed by atoms with Gasteiger partial charge in [-0.25, -0.2) is 0 Å². The molecule has 0 aromatic heterocycles. The molecule has 1 fully saturated rings. The van der Waals surface area contributed by atoms with Crippen molar-refractivity contribution in [2.45, 2.75) is 25.8 Å². The van der Waals surface area contributed by atoms with E-state index < -0.39 is 0 Å². The van der Waals surface area contributed by atoms with Crippen molar-refractivity contribution < 1.29 is 0 Å². The highest BCUT2D eigenvalue weighted by Gasteiger charge is 2.30. The van der Waals surface area contributed by atoms with E-state index in [0.717, 1.165) is 11.5 Å². The van der Waals surface area contributed by atoms with Crippen LogP contribution in [0.15, 0.2) is 24.3 Å². The summed E-state index contributed by atoms with van der Waals surface area (Å²) in [4.78, 5) is 2.30. The summed E-state index contributed by atoms with van der Waals surface area (Å²) in [6.07, 6.45) is 2.73. The van der Waals surface area contributed by atoms with E-state index in [1.165, 1.54) is 18.5 Å². The smallest absolute Gasteiger partial charge is 0.0991 e. The van der Waals surface area contributed by atoms with Crippen LogP contribution in [0.25, 0.3) is 0 Å². The maximum Gasteiger partial charge on any atom is 0.0991 e. The Morgan fingerprint density at radius 1 is 1.33 bits per heavy atom. The highest BCUT2D eigenvalue weighted by atomic mass is 15.1. The lowest BCUT2D eigenvalue weighted by Crippen LogP contribution is -2.30. The summed E-state index contributed by atoms with van der Waals surface area (Å²) in [6.45, 7) is 2.27. The van der Waals surface area contributed by atoms with Gasteiger partial charge in [-0.05, 0) is 49.9 Å². The largest absolute Gasteiger partial charge is 0.372 e. The SMILES string of the molecule is CC(C1CC1)N(C)c1ccc(C#N)cc1. The van der Waals surface area contributed by atoms with Crippen molar-refractivity contribution >= 4 is 5.69 Å². The molecule has 1 aliphatic rings. The first-order valence-corrected chi connectivity index (χ1v) is 5.45. The van der Waals surface area contributed by atoms with Gasteiger partial charge in [0.25, 0.3) is 0 Å². The zero-order valence-electron chi connectivity index (χ0n) is 9.27. The molecule has 0 N–H and O–H groups in total. The fraction of sp³-hybridized carbons (Fsp3) is 0.462. The molecule has 0 spiro atoms. The molecule has 15 heavy (non-hydrogen) atoms. The van der Waals surface area contributed by atoms with Crippen LogP contribution in [0.1, 0.15) is 25.3 Å². The van der Waals surface area contributed by atoms with Crippen molar-refractivity contribution in [1.82, 2.24) is 0 Å². The minimum absolute atomic E-state index is 0.609. The van der Waals surface area contributed by atoms with E-state index in [-0.39, 0.29) is 0 Å².